The van der Waals surface area contributed by atoms with Gasteiger partial charge in [-0.15, -0.1) is 0 Å². The molecule has 1 amide bonds. The maximum absolute atomic E-state index is 12.9. The number of halogens is 3. The molecule has 4 rings (SSSR count). The van der Waals surface area contributed by atoms with Gasteiger partial charge in [-0.05, 0) is 60.0 Å². The van der Waals surface area contributed by atoms with E-state index in [1.165, 1.54) is 12.1 Å². The zero-order chi connectivity index (χ0) is 22.0. The Labute approximate surface area is 178 Å². The number of amides is 1. The van der Waals surface area contributed by atoms with E-state index in [2.05, 4.69) is 10.2 Å². The van der Waals surface area contributed by atoms with Gasteiger partial charge in [-0.25, -0.2) is 0 Å². The Bertz CT molecular complexity index is 1060. The van der Waals surface area contributed by atoms with E-state index in [-0.39, 0.29) is 11.9 Å². The van der Waals surface area contributed by atoms with Gasteiger partial charge in [-0.1, -0.05) is 30.3 Å². The van der Waals surface area contributed by atoms with Crippen LogP contribution in [0.15, 0.2) is 72.8 Å². The van der Waals surface area contributed by atoms with Gasteiger partial charge in [-0.2, -0.15) is 13.2 Å². The van der Waals surface area contributed by atoms with Crippen LogP contribution in [0.5, 0.6) is 0 Å². The van der Waals surface area contributed by atoms with E-state index < -0.39 is 11.7 Å². The molecule has 1 aliphatic rings. The fourth-order valence-corrected chi connectivity index (χ4v) is 3.75. The van der Waals surface area contributed by atoms with Gasteiger partial charge in [0.15, 0.2) is 0 Å². The maximum Gasteiger partial charge on any atom is 0.416 e. The molecule has 0 bridgehead atoms. The van der Waals surface area contributed by atoms with Gasteiger partial charge < -0.3 is 16.0 Å². The third kappa shape index (κ3) is 4.72. The van der Waals surface area contributed by atoms with E-state index in [4.69, 9.17) is 5.73 Å². The van der Waals surface area contributed by atoms with Gasteiger partial charge in [0.2, 0.25) is 0 Å². The van der Waals surface area contributed by atoms with Crippen LogP contribution in [0.4, 0.5) is 24.5 Å². The predicted molar refractivity (Wildman–Crippen MR) is 116 cm³/mol. The van der Waals surface area contributed by atoms with Crippen molar-refractivity contribution in [2.75, 3.05) is 23.3 Å². The van der Waals surface area contributed by atoms with Gasteiger partial charge in [0, 0.05) is 36.1 Å². The summed E-state index contributed by atoms with van der Waals surface area (Å²) in [6.45, 7) is 1.72. The normalized spacial score (nSPS) is 16.4. The second-order valence-corrected chi connectivity index (χ2v) is 7.62. The molecule has 1 unspecified atom stereocenters. The Kier molecular flexibility index (Phi) is 5.69. The zero-order valence-corrected chi connectivity index (χ0v) is 16.7. The van der Waals surface area contributed by atoms with Gasteiger partial charge in [-0.3, -0.25) is 4.79 Å². The summed E-state index contributed by atoms with van der Waals surface area (Å²) in [5, 5.41) is 2.87. The number of hydrogen-bond donors (Lipinski definition) is 2. The van der Waals surface area contributed by atoms with E-state index in [1.807, 2.05) is 24.3 Å². The molecule has 7 heteroatoms. The van der Waals surface area contributed by atoms with E-state index in [9.17, 15) is 18.0 Å². The molecular weight excluding hydrogens is 403 g/mol. The van der Waals surface area contributed by atoms with Crippen molar-refractivity contribution in [2.45, 2.75) is 18.6 Å². The Morgan fingerprint density at radius 1 is 0.968 bits per heavy atom. The Morgan fingerprint density at radius 2 is 1.65 bits per heavy atom. The molecule has 1 saturated heterocycles. The molecule has 3 aromatic carbocycles. The number of nitrogens with two attached hydrogens (primary N) is 1. The SMILES string of the molecule is NC1CCN(c2ccc(NC(=O)c3ccccc3-c3ccc(C(F)(F)F)cc3)cc2)C1. The van der Waals surface area contributed by atoms with Gasteiger partial charge in [0.25, 0.3) is 5.91 Å². The van der Waals surface area contributed by atoms with Crippen molar-refractivity contribution in [3.8, 4) is 11.1 Å². The topological polar surface area (TPSA) is 58.4 Å². The summed E-state index contributed by atoms with van der Waals surface area (Å²) in [7, 11) is 0. The van der Waals surface area contributed by atoms with Gasteiger partial charge >= 0.3 is 6.18 Å². The first kappa shape index (κ1) is 20.9. The van der Waals surface area contributed by atoms with Crippen LogP contribution in [0.2, 0.25) is 0 Å². The molecule has 3 N–H and O–H groups in total. The lowest BCUT2D eigenvalue weighted by atomic mass is 9.98. The minimum absolute atomic E-state index is 0.182. The molecule has 0 radical (unpaired) electrons. The molecule has 4 nitrogen and oxygen atoms in total. The lowest BCUT2D eigenvalue weighted by Gasteiger charge is -2.18. The monoisotopic (exact) mass is 425 g/mol. The molecule has 0 aromatic heterocycles. The lowest BCUT2D eigenvalue weighted by molar-refractivity contribution is -0.137. The van der Waals surface area contributed by atoms with Crippen molar-refractivity contribution in [3.63, 3.8) is 0 Å². The van der Waals surface area contributed by atoms with Crippen molar-refractivity contribution in [3.05, 3.63) is 83.9 Å². The van der Waals surface area contributed by atoms with Crippen molar-refractivity contribution in [1.82, 2.24) is 0 Å². The highest BCUT2D eigenvalue weighted by Crippen LogP contribution is 2.32. The van der Waals surface area contributed by atoms with Crippen LogP contribution in [0, 0.1) is 0 Å². The van der Waals surface area contributed by atoms with Crippen LogP contribution < -0.4 is 16.0 Å². The third-order valence-corrected chi connectivity index (χ3v) is 5.41. The number of hydrogen-bond acceptors (Lipinski definition) is 3. The summed E-state index contributed by atoms with van der Waals surface area (Å²) in [6, 6.07) is 19.4. The van der Waals surface area contributed by atoms with E-state index in [0.717, 1.165) is 37.3 Å². The number of carbonyl (C=O) groups excluding carboxylic acids is 1. The molecule has 1 aliphatic heterocycles. The van der Waals surface area contributed by atoms with Crippen LogP contribution >= 0.6 is 0 Å². The molecule has 0 spiro atoms. The van der Waals surface area contributed by atoms with Crippen molar-refractivity contribution < 1.29 is 18.0 Å². The van der Waals surface area contributed by atoms with Crippen molar-refractivity contribution in [1.29, 1.82) is 0 Å². The molecule has 31 heavy (non-hydrogen) atoms. The highest BCUT2D eigenvalue weighted by molar-refractivity contribution is 6.08. The fraction of sp³-hybridized carbons (Fsp3) is 0.208. The summed E-state index contributed by atoms with van der Waals surface area (Å²) >= 11 is 0. The number of alkyl halides is 3. The molecule has 1 fully saturated rings. The van der Waals surface area contributed by atoms with Crippen LogP contribution in [0.3, 0.4) is 0 Å². The number of carbonyl (C=O) groups is 1. The minimum atomic E-state index is -4.40. The zero-order valence-electron chi connectivity index (χ0n) is 16.7. The first-order chi connectivity index (χ1) is 14.8. The summed E-state index contributed by atoms with van der Waals surface area (Å²) in [5.74, 6) is -0.327. The number of anilines is 2. The smallest absolute Gasteiger partial charge is 0.370 e. The molecule has 1 atom stereocenters. The predicted octanol–water partition coefficient (Wildman–Crippen LogP) is 5.16. The fourth-order valence-electron chi connectivity index (χ4n) is 3.75. The standard InChI is InChI=1S/C24H22F3N3O/c25-24(26,27)17-7-5-16(6-8-17)21-3-1-2-4-22(21)23(31)29-19-9-11-20(12-10-19)30-14-13-18(28)15-30/h1-12,18H,13-15,28H2,(H,29,31). The summed E-state index contributed by atoms with van der Waals surface area (Å²) < 4.78 is 38.5. The molecule has 0 aliphatic carbocycles. The second-order valence-electron chi connectivity index (χ2n) is 7.62. The van der Waals surface area contributed by atoms with Crippen molar-refractivity contribution >= 4 is 17.3 Å². The highest BCUT2D eigenvalue weighted by Gasteiger charge is 2.30. The second kappa shape index (κ2) is 8.43. The van der Waals surface area contributed by atoms with Crippen LogP contribution in [-0.2, 0) is 6.18 Å². The average molecular weight is 425 g/mol. The number of benzene rings is 3. The maximum atomic E-state index is 12.9. The van der Waals surface area contributed by atoms with Gasteiger partial charge in [0.1, 0.15) is 0 Å². The number of nitrogens with one attached hydrogen (secondary N) is 1. The van der Waals surface area contributed by atoms with E-state index in [1.54, 1.807) is 24.3 Å². The molecular formula is C24H22F3N3O. The molecule has 1 heterocycles. The number of rotatable bonds is 4. The highest BCUT2D eigenvalue weighted by atomic mass is 19.4. The Morgan fingerprint density at radius 3 is 2.26 bits per heavy atom. The Hall–Kier alpha value is -3.32. The molecule has 0 saturated carbocycles. The summed E-state index contributed by atoms with van der Waals surface area (Å²) in [5.41, 5.74) is 8.42. The van der Waals surface area contributed by atoms with Crippen LogP contribution in [0.1, 0.15) is 22.3 Å². The quantitative estimate of drug-likeness (QED) is 0.607. The molecule has 3 aromatic rings. The first-order valence-corrected chi connectivity index (χ1v) is 10.00. The van der Waals surface area contributed by atoms with Crippen LogP contribution in [-0.4, -0.2) is 25.0 Å². The van der Waals surface area contributed by atoms with E-state index >= 15 is 0 Å². The number of nitrogens with zero attached hydrogens (tertiary/aromatic N) is 1. The van der Waals surface area contributed by atoms with Gasteiger partial charge in [0.05, 0.1) is 5.56 Å². The third-order valence-electron chi connectivity index (χ3n) is 5.41. The summed E-state index contributed by atoms with van der Waals surface area (Å²) in [4.78, 5) is 15.1. The van der Waals surface area contributed by atoms with E-state index in [0.29, 0.717) is 22.4 Å². The average Bonchev–Trinajstić information content (AvgIpc) is 3.20. The minimum Gasteiger partial charge on any atom is -0.370 e. The van der Waals surface area contributed by atoms with Crippen LogP contribution in [0.25, 0.3) is 11.1 Å². The largest absolute Gasteiger partial charge is 0.416 e. The Balaban J connectivity index is 1.52. The lowest BCUT2D eigenvalue weighted by Crippen LogP contribution is -2.26. The van der Waals surface area contributed by atoms with Crippen molar-refractivity contribution in [2.24, 2.45) is 5.73 Å². The first-order valence-electron chi connectivity index (χ1n) is 10.00. The molecule has 160 valence electrons. The summed E-state index contributed by atoms with van der Waals surface area (Å²) in [6.07, 6.45) is -3.44.